The van der Waals surface area contributed by atoms with Crippen LogP contribution in [0.25, 0.3) is 21.5 Å². The van der Waals surface area contributed by atoms with Crippen molar-refractivity contribution in [2.45, 2.75) is 39.3 Å². The first-order valence-electron chi connectivity index (χ1n) is 10.6. The summed E-state index contributed by atoms with van der Waals surface area (Å²) in [5.41, 5.74) is 2.78. The van der Waals surface area contributed by atoms with Gasteiger partial charge in [-0.15, -0.1) is 0 Å². The molecule has 3 aromatic rings. The van der Waals surface area contributed by atoms with Crippen LogP contribution in [0.1, 0.15) is 31.4 Å². The van der Waals surface area contributed by atoms with Gasteiger partial charge >= 0.3 is 0 Å². The molecule has 0 saturated carbocycles. The molecule has 0 fully saturated rings. The van der Waals surface area contributed by atoms with Gasteiger partial charge in [-0.1, -0.05) is 13.8 Å². The normalized spacial score (nSPS) is 16.5. The van der Waals surface area contributed by atoms with Crippen LogP contribution in [-0.4, -0.2) is 45.9 Å². The van der Waals surface area contributed by atoms with Crippen LogP contribution in [0.5, 0.6) is 23.0 Å². The summed E-state index contributed by atoms with van der Waals surface area (Å²) in [6, 6.07) is 8.98. The number of hydrogen-bond acceptors (Lipinski definition) is 5. The molecule has 0 N–H and O–H groups in total. The lowest BCUT2D eigenvalue weighted by atomic mass is 9.84. The molecule has 1 unspecified atom stereocenters. The summed E-state index contributed by atoms with van der Waals surface area (Å²) in [5.74, 6) is 2.99. The Balaban J connectivity index is 2.14. The number of likely N-dealkylation sites (N-methyl/N-ethyl adjacent to an activating group) is 1. The molecule has 4 rings (SSSR count). The van der Waals surface area contributed by atoms with Crippen molar-refractivity contribution >= 4 is 21.5 Å². The fourth-order valence-electron chi connectivity index (χ4n) is 4.91. The Labute approximate surface area is 178 Å². The van der Waals surface area contributed by atoms with E-state index < -0.39 is 0 Å². The number of hydrogen-bond donors (Lipinski definition) is 0. The number of nitrogens with zero attached hydrogens (tertiary/aromatic N) is 1. The van der Waals surface area contributed by atoms with Crippen molar-refractivity contribution in [3.8, 4) is 23.0 Å². The van der Waals surface area contributed by atoms with E-state index in [0.717, 1.165) is 59.7 Å². The van der Waals surface area contributed by atoms with Crippen molar-refractivity contribution in [2.75, 3.05) is 35.0 Å². The second-order valence-electron chi connectivity index (χ2n) is 7.79. The number of ether oxygens (including phenoxy) is 4. The SMILES string of the molecule is CCC1Cc2c(c3cc(OC)c(OC)cc3c3cc(OC)c(OC)cc23)CN1CC. The van der Waals surface area contributed by atoms with Gasteiger partial charge in [-0.2, -0.15) is 0 Å². The Morgan fingerprint density at radius 3 is 1.53 bits per heavy atom. The van der Waals surface area contributed by atoms with E-state index >= 15 is 0 Å². The highest BCUT2D eigenvalue weighted by atomic mass is 16.5. The molecule has 3 aromatic carbocycles. The molecule has 30 heavy (non-hydrogen) atoms. The molecular formula is C25H31NO4. The van der Waals surface area contributed by atoms with Crippen molar-refractivity contribution < 1.29 is 18.9 Å². The van der Waals surface area contributed by atoms with Crippen LogP contribution in [0, 0.1) is 0 Å². The first-order chi connectivity index (χ1) is 14.6. The summed E-state index contributed by atoms with van der Waals surface area (Å²) in [6.07, 6.45) is 2.15. The maximum absolute atomic E-state index is 5.64. The molecule has 1 aliphatic rings. The van der Waals surface area contributed by atoms with Crippen LogP contribution in [0.15, 0.2) is 24.3 Å². The monoisotopic (exact) mass is 409 g/mol. The van der Waals surface area contributed by atoms with Crippen LogP contribution in [0.2, 0.25) is 0 Å². The van der Waals surface area contributed by atoms with Crippen molar-refractivity contribution in [3.05, 3.63) is 35.4 Å². The summed E-state index contributed by atoms with van der Waals surface area (Å²) >= 11 is 0. The van der Waals surface area contributed by atoms with E-state index in [0.29, 0.717) is 6.04 Å². The second kappa shape index (κ2) is 8.23. The Kier molecular flexibility index (Phi) is 5.65. The van der Waals surface area contributed by atoms with E-state index in [2.05, 4.69) is 43.0 Å². The number of methoxy groups -OCH3 is 4. The second-order valence-corrected chi connectivity index (χ2v) is 7.79. The summed E-state index contributed by atoms with van der Waals surface area (Å²) in [5, 5.41) is 4.75. The van der Waals surface area contributed by atoms with E-state index in [1.807, 2.05) is 0 Å². The zero-order chi connectivity index (χ0) is 21.4. The first kappa shape index (κ1) is 20.6. The zero-order valence-electron chi connectivity index (χ0n) is 18.8. The minimum Gasteiger partial charge on any atom is -0.493 e. The average Bonchev–Trinajstić information content (AvgIpc) is 2.81. The van der Waals surface area contributed by atoms with Crippen LogP contribution >= 0.6 is 0 Å². The van der Waals surface area contributed by atoms with Gasteiger partial charge in [-0.25, -0.2) is 0 Å². The predicted molar refractivity (Wildman–Crippen MR) is 122 cm³/mol. The molecular weight excluding hydrogens is 378 g/mol. The molecule has 5 heteroatoms. The lowest BCUT2D eigenvalue weighted by Gasteiger charge is -2.37. The lowest BCUT2D eigenvalue weighted by Crippen LogP contribution is -2.39. The van der Waals surface area contributed by atoms with Gasteiger partial charge in [0.1, 0.15) is 0 Å². The van der Waals surface area contributed by atoms with Gasteiger partial charge in [-0.3, -0.25) is 4.90 Å². The quantitative estimate of drug-likeness (QED) is 0.525. The molecule has 0 aliphatic carbocycles. The minimum absolute atomic E-state index is 0.538. The fourth-order valence-corrected chi connectivity index (χ4v) is 4.91. The third kappa shape index (κ3) is 3.12. The number of benzene rings is 3. The van der Waals surface area contributed by atoms with E-state index in [9.17, 15) is 0 Å². The maximum atomic E-state index is 5.64. The van der Waals surface area contributed by atoms with E-state index in [4.69, 9.17) is 18.9 Å². The van der Waals surface area contributed by atoms with Gasteiger partial charge in [0.15, 0.2) is 23.0 Å². The predicted octanol–water partition coefficient (Wildman–Crippen LogP) is 5.18. The van der Waals surface area contributed by atoms with Crippen LogP contribution < -0.4 is 18.9 Å². The van der Waals surface area contributed by atoms with Gasteiger partial charge in [0.2, 0.25) is 0 Å². The van der Waals surface area contributed by atoms with Crippen LogP contribution in [-0.2, 0) is 13.0 Å². The molecule has 0 radical (unpaired) electrons. The molecule has 1 atom stereocenters. The Morgan fingerprint density at radius 1 is 0.700 bits per heavy atom. The van der Waals surface area contributed by atoms with Crippen LogP contribution in [0.3, 0.4) is 0 Å². The third-order valence-electron chi connectivity index (χ3n) is 6.55. The molecule has 0 bridgehead atoms. The summed E-state index contributed by atoms with van der Waals surface area (Å²) in [7, 11) is 6.74. The molecule has 0 spiro atoms. The van der Waals surface area contributed by atoms with E-state index in [1.165, 1.54) is 21.9 Å². The summed E-state index contributed by atoms with van der Waals surface area (Å²) < 4.78 is 22.5. The molecule has 0 saturated heterocycles. The van der Waals surface area contributed by atoms with Gasteiger partial charge in [0.05, 0.1) is 28.4 Å². The Bertz CT molecular complexity index is 1010. The highest BCUT2D eigenvalue weighted by Crippen LogP contribution is 2.45. The van der Waals surface area contributed by atoms with Gasteiger partial charge < -0.3 is 18.9 Å². The average molecular weight is 410 g/mol. The summed E-state index contributed by atoms with van der Waals surface area (Å²) in [6.45, 7) is 6.49. The first-order valence-corrected chi connectivity index (χ1v) is 10.6. The number of rotatable bonds is 6. The molecule has 5 nitrogen and oxygen atoms in total. The van der Waals surface area contributed by atoms with Crippen molar-refractivity contribution in [2.24, 2.45) is 0 Å². The summed E-state index contributed by atoms with van der Waals surface area (Å²) in [4.78, 5) is 2.57. The lowest BCUT2D eigenvalue weighted by molar-refractivity contribution is 0.178. The third-order valence-corrected chi connectivity index (χ3v) is 6.55. The molecule has 0 aromatic heterocycles. The highest BCUT2D eigenvalue weighted by molar-refractivity contribution is 6.12. The Morgan fingerprint density at radius 2 is 1.13 bits per heavy atom. The molecule has 160 valence electrons. The maximum Gasteiger partial charge on any atom is 0.161 e. The van der Waals surface area contributed by atoms with Crippen molar-refractivity contribution in [1.82, 2.24) is 4.90 Å². The van der Waals surface area contributed by atoms with Crippen molar-refractivity contribution in [1.29, 1.82) is 0 Å². The van der Waals surface area contributed by atoms with Gasteiger partial charge in [0.25, 0.3) is 0 Å². The molecule has 1 heterocycles. The fraction of sp³-hybridized carbons (Fsp3) is 0.440. The minimum atomic E-state index is 0.538. The van der Waals surface area contributed by atoms with E-state index in [1.54, 1.807) is 28.4 Å². The topological polar surface area (TPSA) is 40.2 Å². The van der Waals surface area contributed by atoms with Gasteiger partial charge in [-0.05, 0) is 76.3 Å². The smallest absolute Gasteiger partial charge is 0.161 e. The Hall–Kier alpha value is -2.66. The molecule has 1 aliphatic heterocycles. The van der Waals surface area contributed by atoms with Gasteiger partial charge in [0, 0.05) is 12.6 Å². The van der Waals surface area contributed by atoms with E-state index in [-0.39, 0.29) is 0 Å². The number of fused-ring (bicyclic) bond motifs is 6. The van der Waals surface area contributed by atoms with Crippen molar-refractivity contribution in [3.63, 3.8) is 0 Å². The standard InChI is InChI=1S/C25H31NO4/c1-7-15-9-16-17-10-22(27-3)23(28-4)11-18(17)19-12-24(29-5)25(30-6)13-20(19)21(16)14-26(15)8-2/h10-13,15H,7-9,14H2,1-6H3. The highest BCUT2D eigenvalue weighted by Gasteiger charge is 2.28. The molecule has 0 amide bonds. The van der Waals surface area contributed by atoms with Crippen LogP contribution in [0.4, 0.5) is 0 Å². The largest absolute Gasteiger partial charge is 0.493 e. The zero-order valence-corrected chi connectivity index (χ0v) is 18.8.